The number of rotatable bonds is 4. The number of halogens is 1. The Bertz CT molecular complexity index is 749. The standard InChI is InChI=1S/C15H13BrN2O2S/c1-2-19-11-5-3-9(4-6-11)13-14(18-20-15(13)17)10-7-12(16)21-8-10/h3-8H,2,17H2,1H3. The highest BCUT2D eigenvalue weighted by Crippen LogP contribution is 2.39. The molecule has 4 nitrogen and oxygen atoms in total. The van der Waals surface area contributed by atoms with Gasteiger partial charge in [-0.1, -0.05) is 17.3 Å². The number of anilines is 1. The summed E-state index contributed by atoms with van der Waals surface area (Å²) in [5.41, 5.74) is 9.44. The number of nitrogens with zero attached hydrogens (tertiary/aromatic N) is 1. The molecule has 2 aromatic heterocycles. The Labute approximate surface area is 134 Å². The zero-order valence-electron chi connectivity index (χ0n) is 11.3. The molecular weight excluding hydrogens is 352 g/mol. The number of benzene rings is 1. The van der Waals surface area contributed by atoms with Crippen LogP contribution in [0.25, 0.3) is 22.4 Å². The molecule has 0 aliphatic heterocycles. The highest BCUT2D eigenvalue weighted by molar-refractivity contribution is 9.11. The predicted octanol–water partition coefficient (Wildman–Crippen LogP) is 4.81. The van der Waals surface area contributed by atoms with Crippen LogP contribution in [0.15, 0.2) is 44.0 Å². The SMILES string of the molecule is CCOc1ccc(-c2c(-c3csc(Br)c3)noc2N)cc1. The van der Waals surface area contributed by atoms with Crippen LogP contribution in [0.4, 0.5) is 5.88 Å². The summed E-state index contributed by atoms with van der Waals surface area (Å²) in [7, 11) is 0. The van der Waals surface area contributed by atoms with E-state index in [9.17, 15) is 0 Å². The number of hydrogen-bond acceptors (Lipinski definition) is 5. The molecule has 0 spiro atoms. The molecule has 0 saturated heterocycles. The quantitative estimate of drug-likeness (QED) is 0.721. The van der Waals surface area contributed by atoms with Crippen molar-refractivity contribution < 1.29 is 9.26 Å². The van der Waals surface area contributed by atoms with E-state index < -0.39 is 0 Å². The lowest BCUT2D eigenvalue weighted by Crippen LogP contribution is -1.91. The van der Waals surface area contributed by atoms with Gasteiger partial charge in [-0.25, -0.2) is 0 Å². The van der Waals surface area contributed by atoms with Gasteiger partial charge >= 0.3 is 0 Å². The summed E-state index contributed by atoms with van der Waals surface area (Å²) >= 11 is 5.05. The molecule has 6 heteroatoms. The molecule has 0 atom stereocenters. The number of ether oxygens (including phenoxy) is 1. The molecule has 0 bridgehead atoms. The molecule has 0 aliphatic carbocycles. The van der Waals surface area contributed by atoms with Gasteiger partial charge < -0.3 is 15.0 Å². The van der Waals surface area contributed by atoms with Crippen molar-refractivity contribution in [2.24, 2.45) is 0 Å². The Morgan fingerprint density at radius 2 is 2.05 bits per heavy atom. The minimum Gasteiger partial charge on any atom is -0.494 e. The zero-order chi connectivity index (χ0) is 14.8. The fraction of sp³-hybridized carbons (Fsp3) is 0.133. The summed E-state index contributed by atoms with van der Waals surface area (Å²) in [5.74, 6) is 1.15. The van der Waals surface area contributed by atoms with Crippen LogP contribution in [0.1, 0.15) is 6.92 Å². The first-order chi connectivity index (χ1) is 10.2. The lowest BCUT2D eigenvalue weighted by molar-refractivity contribution is 0.340. The second kappa shape index (κ2) is 5.91. The summed E-state index contributed by atoms with van der Waals surface area (Å²) in [5, 5.41) is 6.10. The monoisotopic (exact) mass is 364 g/mol. The van der Waals surface area contributed by atoms with Gasteiger partial charge in [0.25, 0.3) is 0 Å². The van der Waals surface area contributed by atoms with Gasteiger partial charge in [-0.2, -0.15) is 0 Å². The zero-order valence-corrected chi connectivity index (χ0v) is 13.7. The van der Waals surface area contributed by atoms with Gasteiger partial charge in [0.2, 0.25) is 5.88 Å². The molecule has 0 fully saturated rings. The van der Waals surface area contributed by atoms with Crippen LogP contribution < -0.4 is 10.5 Å². The fourth-order valence-corrected chi connectivity index (χ4v) is 3.24. The number of nitrogen functional groups attached to an aromatic ring is 1. The molecule has 0 saturated carbocycles. The second-order valence-electron chi connectivity index (χ2n) is 4.37. The Balaban J connectivity index is 2.04. The Morgan fingerprint density at radius 3 is 2.67 bits per heavy atom. The summed E-state index contributed by atoms with van der Waals surface area (Å²) in [6, 6.07) is 9.74. The van der Waals surface area contributed by atoms with E-state index in [0.29, 0.717) is 12.5 Å². The van der Waals surface area contributed by atoms with Crippen molar-refractivity contribution in [3.63, 3.8) is 0 Å². The van der Waals surface area contributed by atoms with E-state index in [-0.39, 0.29) is 0 Å². The molecule has 3 aromatic rings. The van der Waals surface area contributed by atoms with Gasteiger partial charge in [-0.15, -0.1) is 11.3 Å². The van der Waals surface area contributed by atoms with E-state index >= 15 is 0 Å². The first-order valence-corrected chi connectivity index (χ1v) is 8.09. The normalized spacial score (nSPS) is 10.8. The van der Waals surface area contributed by atoms with E-state index in [4.69, 9.17) is 15.0 Å². The molecule has 3 rings (SSSR count). The molecular formula is C15H13BrN2O2S. The molecule has 0 aliphatic rings. The summed E-state index contributed by atoms with van der Waals surface area (Å²) in [4.78, 5) is 0. The second-order valence-corrected chi connectivity index (χ2v) is 6.66. The van der Waals surface area contributed by atoms with Gasteiger partial charge in [-0.05, 0) is 46.6 Å². The van der Waals surface area contributed by atoms with E-state index in [1.807, 2.05) is 42.6 Å². The van der Waals surface area contributed by atoms with Crippen molar-refractivity contribution in [2.75, 3.05) is 12.3 Å². The third-order valence-electron chi connectivity index (χ3n) is 3.01. The van der Waals surface area contributed by atoms with Crippen LogP contribution in [0, 0.1) is 0 Å². The highest BCUT2D eigenvalue weighted by Gasteiger charge is 2.18. The fourth-order valence-electron chi connectivity index (χ4n) is 2.10. The third kappa shape index (κ3) is 2.82. The first-order valence-electron chi connectivity index (χ1n) is 6.42. The molecule has 0 unspecified atom stereocenters. The maximum Gasteiger partial charge on any atom is 0.230 e. The van der Waals surface area contributed by atoms with Crippen LogP contribution in [-0.4, -0.2) is 11.8 Å². The van der Waals surface area contributed by atoms with Crippen LogP contribution in [0.2, 0.25) is 0 Å². The van der Waals surface area contributed by atoms with Gasteiger partial charge in [0, 0.05) is 10.9 Å². The largest absolute Gasteiger partial charge is 0.494 e. The van der Waals surface area contributed by atoms with Gasteiger partial charge in [0.15, 0.2) is 0 Å². The van der Waals surface area contributed by atoms with E-state index in [2.05, 4.69) is 21.1 Å². The Hall–Kier alpha value is -1.79. The van der Waals surface area contributed by atoms with Crippen LogP contribution in [0.5, 0.6) is 5.75 Å². The smallest absolute Gasteiger partial charge is 0.230 e. The minimum atomic E-state index is 0.316. The lowest BCUT2D eigenvalue weighted by atomic mass is 10.0. The van der Waals surface area contributed by atoms with Crippen molar-refractivity contribution in [1.29, 1.82) is 0 Å². The van der Waals surface area contributed by atoms with Crippen molar-refractivity contribution in [2.45, 2.75) is 6.92 Å². The molecule has 21 heavy (non-hydrogen) atoms. The van der Waals surface area contributed by atoms with E-state index in [1.54, 1.807) is 11.3 Å². The number of aromatic nitrogens is 1. The molecule has 1 aromatic carbocycles. The number of hydrogen-bond donors (Lipinski definition) is 1. The maximum absolute atomic E-state index is 5.95. The molecule has 2 heterocycles. The van der Waals surface area contributed by atoms with Crippen molar-refractivity contribution in [3.8, 4) is 28.1 Å². The topological polar surface area (TPSA) is 61.3 Å². The van der Waals surface area contributed by atoms with Gasteiger partial charge in [0.05, 0.1) is 16.0 Å². The van der Waals surface area contributed by atoms with Crippen molar-refractivity contribution in [3.05, 3.63) is 39.5 Å². The summed E-state index contributed by atoms with van der Waals surface area (Å²) in [6.07, 6.45) is 0. The molecule has 2 N–H and O–H groups in total. The maximum atomic E-state index is 5.95. The van der Waals surface area contributed by atoms with Crippen LogP contribution in [0.3, 0.4) is 0 Å². The summed E-state index contributed by atoms with van der Waals surface area (Å²) < 4.78 is 11.7. The average molecular weight is 365 g/mol. The number of thiophene rings is 1. The number of nitrogens with two attached hydrogens (primary N) is 1. The summed E-state index contributed by atoms with van der Waals surface area (Å²) in [6.45, 7) is 2.60. The van der Waals surface area contributed by atoms with Crippen molar-refractivity contribution in [1.82, 2.24) is 5.16 Å². The Morgan fingerprint density at radius 1 is 1.29 bits per heavy atom. The lowest BCUT2D eigenvalue weighted by Gasteiger charge is -2.05. The predicted molar refractivity (Wildman–Crippen MR) is 88.5 cm³/mol. The van der Waals surface area contributed by atoms with Crippen LogP contribution in [-0.2, 0) is 0 Å². The third-order valence-corrected chi connectivity index (χ3v) is 4.52. The molecule has 0 amide bonds. The molecule has 0 radical (unpaired) electrons. The van der Waals surface area contributed by atoms with Gasteiger partial charge in [-0.3, -0.25) is 0 Å². The van der Waals surface area contributed by atoms with E-state index in [1.165, 1.54) is 0 Å². The van der Waals surface area contributed by atoms with Crippen LogP contribution >= 0.6 is 27.3 Å². The van der Waals surface area contributed by atoms with E-state index in [0.717, 1.165) is 31.9 Å². The average Bonchev–Trinajstić information content (AvgIpc) is 3.06. The van der Waals surface area contributed by atoms with Gasteiger partial charge in [0.1, 0.15) is 11.4 Å². The highest BCUT2D eigenvalue weighted by atomic mass is 79.9. The Kier molecular flexibility index (Phi) is 3.98. The molecule has 108 valence electrons. The van der Waals surface area contributed by atoms with Crippen molar-refractivity contribution >= 4 is 33.2 Å². The first kappa shape index (κ1) is 14.2. The minimum absolute atomic E-state index is 0.316.